The maximum Gasteiger partial charge on any atom is 0.150 e. The molecule has 3 aromatic carbocycles. The highest BCUT2D eigenvalue weighted by Gasteiger charge is 2.00. The summed E-state index contributed by atoms with van der Waals surface area (Å²) in [4.78, 5) is 12.9. The maximum absolute atomic E-state index is 10.7. The van der Waals surface area contributed by atoms with Gasteiger partial charge in [0.15, 0.2) is 0 Å². The van der Waals surface area contributed by atoms with Crippen molar-refractivity contribution < 1.29 is 9.53 Å². The summed E-state index contributed by atoms with van der Waals surface area (Å²) in [5.41, 5.74) is 1.85. The average molecular weight is 320 g/mol. The summed E-state index contributed by atoms with van der Waals surface area (Å²) in [5, 5.41) is 0. The second-order valence-corrected chi connectivity index (χ2v) is 6.18. The summed E-state index contributed by atoms with van der Waals surface area (Å²) in [7, 11) is 0. The normalized spacial score (nSPS) is 10.3. The zero-order valence-electron chi connectivity index (χ0n) is 12.5. The summed E-state index contributed by atoms with van der Waals surface area (Å²) in [6.07, 6.45) is 0.854. The zero-order valence-corrected chi connectivity index (χ0v) is 13.3. The summed E-state index contributed by atoms with van der Waals surface area (Å²) >= 11 is 1.66. The standard InChI is InChI=1S/C20H16O2S/c21-14-16-6-10-19(11-7-16)23-20-12-8-18(9-13-20)22-15-17-4-2-1-3-5-17/h1-14H,15H2. The Morgan fingerprint density at radius 2 is 1.39 bits per heavy atom. The van der Waals surface area contributed by atoms with E-state index >= 15 is 0 Å². The van der Waals surface area contributed by atoms with Crippen molar-refractivity contribution in [2.24, 2.45) is 0 Å². The summed E-state index contributed by atoms with van der Waals surface area (Å²) in [6.45, 7) is 0.570. The van der Waals surface area contributed by atoms with Crippen LogP contribution in [-0.4, -0.2) is 6.29 Å². The van der Waals surface area contributed by atoms with Gasteiger partial charge in [0.2, 0.25) is 0 Å². The highest BCUT2D eigenvalue weighted by molar-refractivity contribution is 7.99. The smallest absolute Gasteiger partial charge is 0.150 e. The van der Waals surface area contributed by atoms with Gasteiger partial charge in [-0.2, -0.15) is 0 Å². The van der Waals surface area contributed by atoms with E-state index in [1.165, 1.54) is 0 Å². The van der Waals surface area contributed by atoms with E-state index < -0.39 is 0 Å². The number of aldehydes is 1. The molecule has 0 spiro atoms. The van der Waals surface area contributed by atoms with Crippen LogP contribution in [0.5, 0.6) is 5.75 Å². The van der Waals surface area contributed by atoms with Gasteiger partial charge >= 0.3 is 0 Å². The van der Waals surface area contributed by atoms with Gasteiger partial charge in [-0.15, -0.1) is 0 Å². The molecular formula is C20H16O2S. The second kappa shape index (κ2) is 7.65. The lowest BCUT2D eigenvalue weighted by Crippen LogP contribution is -1.94. The molecule has 0 heterocycles. The van der Waals surface area contributed by atoms with Crippen LogP contribution in [0, 0.1) is 0 Å². The first-order valence-corrected chi connectivity index (χ1v) is 8.15. The molecule has 0 amide bonds. The highest BCUT2D eigenvalue weighted by Crippen LogP contribution is 2.29. The second-order valence-electron chi connectivity index (χ2n) is 5.03. The lowest BCUT2D eigenvalue weighted by Gasteiger charge is -2.07. The Labute approximate surface area is 140 Å². The zero-order chi connectivity index (χ0) is 15.9. The van der Waals surface area contributed by atoms with Crippen LogP contribution >= 0.6 is 11.8 Å². The van der Waals surface area contributed by atoms with Gasteiger partial charge in [0.1, 0.15) is 18.6 Å². The molecule has 0 unspecified atom stereocenters. The Morgan fingerprint density at radius 1 is 0.783 bits per heavy atom. The lowest BCUT2D eigenvalue weighted by atomic mass is 10.2. The van der Waals surface area contributed by atoms with Crippen LogP contribution in [0.3, 0.4) is 0 Å². The van der Waals surface area contributed by atoms with Crippen LogP contribution < -0.4 is 4.74 Å². The fourth-order valence-corrected chi connectivity index (χ4v) is 2.91. The predicted molar refractivity (Wildman–Crippen MR) is 93.2 cm³/mol. The molecule has 0 bridgehead atoms. The van der Waals surface area contributed by atoms with Crippen LogP contribution in [0.15, 0.2) is 88.7 Å². The van der Waals surface area contributed by atoms with E-state index in [-0.39, 0.29) is 0 Å². The van der Waals surface area contributed by atoms with Gasteiger partial charge in [0.05, 0.1) is 0 Å². The van der Waals surface area contributed by atoms with Crippen molar-refractivity contribution in [3.63, 3.8) is 0 Å². The summed E-state index contributed by atoms with van der Waals surface area (Å²) in [5.74, 6) is 0.856. The van der Waals surface area contributed by atoms with Crippen molar-refractivity contribution in [2.75, 3.05) is 0 Å². The molecule has 0 aliphatic heterocycles. The van der Waals surface area contributed by atoms with Crippen molar-refractivity contribution in [1.29, 1.82) is 0 Å². The van der Waals surface area contributed by atoms with Crippen molar-refractivity contribution >= 4 is 18.0 Å². The minimum absolute atomic E-state index is 0.570. The number of hydrogen-bond acceptors (Lipinski definition) is 3. The van der Waals surface area contributed by atoms with Gasteiger partial charge in [-0.1, -0.05) is 54.2 Å². The van der Waals surface area contributed by atoms with E-state index in [1.54, 1.807) is 11.8 Å². The molecule has 3 aromatic rings. The third-order valence-corrected chi connectivity index (χ3v) is 4.34. The lowest BCUT2D eigenvalue weighted by molar-refractivity contribution is 0.112. The minimum Gasteiger partial charge on any atom is -0.489 e. The van der Waals surface area contributed by atoms with E-state index in [0.29, 0.717) is 12.2 Å². The molecule has 23 heavy (non-hydrogen) atoms. The van der Waals surface area contributed by atoms with E-state index in [4.69, 9.17) is 4.74 Å². The molecule has 3 rings (SSSR count). The molecule has 0 aromatic heterocycles. The molecular weight excluding hydrogens is 304 g/mol. The molecule has 0 fully saturated rings. The van der Waals surface area contributed by atoms with E-state index in [2.05, 4.69) is 0 Å². The molecule has 114 valence electrons. The number of rotatable bonds is 6. The predicted octanol–water partition coefficient (Wildman–Crippen LogP) is 5.23. The van der Waals surface area contributed by atoms with Gasteiger partial charge in [-0.3, -0.25) is 4.79 Å². The number of hydrogen-bond donors (Lipinski definition) is 0. The number of carbonyl (C=O) groups is 1. The van der Waals surface area contributed by atoms with E-state index in [9.17, 15) is 4.79 Å². The maximum atomic E-state index is 10.7. The van der Waals surface area contributed by atoms with Crippen LogP contribution in [0.1, 0.15) is 15.9 Å². The van der Waals surface area contributed by atoms with Gasteiger partial charge in [0, 0.05) is 15.4 Å². The molecule has 3 heteroatoms. The molecule has 0 saturated heterocycles. The highest BCUT2D eigenvalue weighted by atomic mass is 32.2. The average Bonchev–Trinajstić information content (AvgIpc) is 2.63. The van der Waals surface area contributed by atoms with Crippen LogP contribution in [0.25, 0.3) is 0 Å². The molecule has 0 aliphatic rings. The molecule has 2 nitrogen and oxygen atoms in total. The Morgan fingerprint density at radius 3 is 2.00 bits per heavy atom. The van der Waals surface area contributed by atoms with Crippen LogP contribution in [-0.2, 0) is 6.61 Å². The Balaban J connectivity index is 1.59. The molecule has 0 aliphatic carbocycles. The first-order chi connectivity index (χ1) is 11.3. The minimum atomic E-state index is 0.570. The van der Waals surface area contributed by atoms with Crippen LogP contribution in [0.2, 0.25) is 0 Å². The summed E-state index contributed by atoms with van der Waals surface area (Å²) in [6, 6.07) is 25.7. The third-order valence-electron chi connectivity index (χ3n) is 3.32. The van der Waals surface area contributed by atoms with E-state index in [1.807, 2.05) is 78.9 Å². The first-order valence-electron chi connectivity index (χ1n) is 7.33. The van der Waals surface area contributed by atoms with Gasteiger partial charge < -0.3 is 4.74 Å². The quantitative estimate of drug-likeness (QED) is 0.582. The van der Waals surface area contributed by atoms with Gasteiger partial charge in [-0.25, -0.2) is 0 Å². The topological polar surface area (TPSA) is 26.3 Å². The van der Waals surface area contributed by atoms with Gasteiger partial charge in [0.25, 0.3) is 0 Å². The van der Waals surface area contributed by atoms with Gasteiger partial charge in [-0.05, 0) is 42.0 Å². The number of carbonyl (C=O) groups excluding carboxylic acids is 1. The Hall–Kier alpha value is -2.52. The van der Waals surface area contributed by atoms with Crippen molar-refractivity contribution in [3.8, 4) is 5.75 Å². The Kier molecular flexibility index (Phi) is 5.12. The van der Waals surface area contributed by atoms with Crippen molar-refractivity contribution in [1.82, 2.24) is 0 Å². The third kappa shape index (κ3) is 4.47. The Bertz CT molecular complexity index is 750. The first kappa shape index (κ1) is 15.4. The number of benzene rings is 3. The fraction of sp³-hybridized carbons (Fsp3) is 0.0500. The molecule has 0 saturated carbocycles. The fourth-order valence-electron chi connectivity index (χ4n) is 2.10. The van der Waals surface area contributed by atoms with E-state index in [0.717, 1.165) is 27.4 Å². The van der Waals surface area contributed by atoms with Crippen molar-refractivity contribution in [2.45, 2.75) is 16.4 Å². The van der Waals surface area contributed by atoms with Crippen LogP contribution in [0.4, 0.5) is 0 Å². The summed E-state index contributed by atoms with van der Waals surface area (Å²) < 4.78 is 5.78. The molecule has 0 atom stereocenters. The molecule has 0 N–H and O–H groups in total. The number of ether oxygens (including phenoxy) is 1. The van der Waals surface area contributed by atoms with Crippen molar-refractivity contribution in [3.05, 3.63) is 90.0 Å². The largest absolute Gasteiger partial charge is 0.489 e. The monoisotopic (exact) mass is 320 g/mol. The SMILES string of the molecule is O=Cc1ccc(Sc2ccc(OCc3ccccc3)cc2)cc1. The molecule has 0 radical (unpaired) electrons.